The number of hydrogen-bond acceptors (Lipinski definition) is 6. The van der Waals surface area contributed by atoms with Crippen LogP contribution in [-0.4, -0.2) is 34.3 Å². The van der Waals surface area contributed by atoms with Crippen molar-refractivity contribution in [2.75, 3.05) is 24.7 Å². The van der Waals surface area contributed by atoms with E-state index in [9.17, 15) is 0 Å². The van der Waals surface area contributed by atoms with Crippen molar-refractivity contribution in [2.45, 2.75) is 44.9 Å². The number of rotatable bonds is 9. The third-order valence-electron chi connectivity index (χ3n) is 3.28. The first-order valence-corrected chi connectivity index (χ1v) is 7.74. The van der Waals surface area contributed by atoms with Gasteiger partial charge in [0.25, 0.3) is 0 Å². The Hall–Kier alpha value is -0.750. The first kappa shape index (κ1) is 15.3. The topological polar surface area (TPSA) is 63.0 Å². The van der Waals surface area contributed by atoms with Crippen molar-refractivity contribution in [1.82, 2.24) is 15.5 Å². The van der Waals surface area contributed by atoms with Gasteiger partial charge in [-0.3, -0.25) is 0 Å². The Morgan fingerprint density at radius 1 is 1.22 bits per heavy atom. The number of aromatic nitrogens is 2. The van der Waals surface area contributed by atoms with Gasteiger partial charge in [0.1, 0.15) is 0 Å². The Balaban J connectivity index is 2.49. The molecule has 1 heterocycles. The smallest absolute Gasteiger partial charge is 0.315 e. The second kappa shape index (κ2) is 7.63. The summed E-state index contributed by atoms with van der Waals surface area (Å²) >= 11 is 1.89. The van der Waals surface area contributed by atoms with E-state index < -0.39 is 0 Å². The Morgan fingerprint density at radius 3 is 2.50 bits per heavy atom. The summed E-state index contributed by atoms with van der Waals surface area (Å²) in [5.74, 6) is 0.627. The van der Waals surface area contributed by atoms with Gasteiger partial charge in [0.05, 0.1) is 6.54 Å². The van der Waals surface area contributed by atoms with Gasteiger partial charge in [0, 0.05) is 11.3 Å². The lowest BCUT2D eigenvalue weighted by atomic mass is 10.0. The molecule has 0 aliphatic rings. The van der Waals surface area contributed by atoms with E-state index in [1.54, 1.807) is 0 Å². The molecule has 0 fully saturated rings. The third kappa shape index (κ3) is 4.17. The fourth-order valence-electron chi connectivity index (χ4n) is 1.73. The van der Waals surface area contributed by atoms with Crippen LogP contribution in [0, 0.1) is 0 Å². The summed E-state index contributed by atoms with van der Waals surface area (Å²) < 4.78 is 5.76. The average molecular weight is 272 g/mol. The van der Waals surface area contributed by atoms with Gasteiger partial charge >= 0.3 is 6.01 Å². The SMILES string of the molecule is CCNCc1nnc(NCC(CC)(CC)SC)o1. The highest BCUT2D eigenvalue weighted by Gasteiger charge is 2.25. The zero-order chi connectivity index (χ0) is 13.4. The van der Waals surface area contributed by atoms with Crippen molar-refractivity contribution in [3.8, 4) is 0 Å². The highest BCUT2D eigenvalue weighted by Crippen LogP contribution is 2.30. The largest absolute Gasteiger partial charge is 0.407 e. The van der Waals surface area contributed by atoms with Crippen LogP contribution in [0.1, 0.15) is 39.5 Å². The molecule has 0 saturated carbocycles. The molecular weight excluding hydrogens is 248 g/mol. The number of thioether (sulfide) groups is 1. The number of hydrogen-bond donors (Lipinski definition) is 2. The molecular formula is C12H24N4OS. The molecule has 5 nitrogen and oxygen atoms in total. The van der Waals surface area contributed by atoms with Gasteiger partial charge in [0.2, 0.25) is 5.89 Å². The maximum absolute atomic E-state index is 5.51. The van der Waals surface area contributed by atoms with Crippen LogP contribution in [0.25, 0.3) is 0 Å². The van der Waals surface area contributed by atoms with E-state index in [0.29, 0.717) is 18.5 Å². The van der Waals surface area contributed by atoms with Crippen LogP contribution >= 0.6 is 11.8 Å². The Labute approximate surface area is 114 Å². The van der Waals surface area contributed by atoms with Crippen LogP contribution in [0.2, 0.25) is 0 Å². The summed E-state index contributed by atoms with van der Waals surface area (Å²) in [6, 6.07) is 0.517. The second-order valence-corrected chi connectivity index (χ2v) is 5.50. The summed E-state index contributed by atoms with van der Waals surface area (Å²) in [6.07, 6.45) is 4.39. The molecule has 0 aromatic carbocycles. The van der Waals surface area contributed by atoms with Crippen LogP contribution in [0.4, 0.5) is 6.01 Å². The lowest BCUT2D eigenvalue weighted by molar-refractivity contribution is 0.476. The summed E-state index contributed by atoms with van der Waals surface area (Å²) in [6.45, 7) is 8.85. The monoisotopic (exact) mass is 272 g/mol. The van der Waals surface area contributed by atoms with Crippen LogP contribution in [0.5, 0.6) is 0 Å². The molecule has 2 N–H and O–H groups in total. The molecule has 0 atom stereocenters. The maximum atomic E-state index is 5.51. The van der Waals surface area contributed by atoms with Gasteiger partial charge < -0.3 is 15.1 Å². The minimum atomic E-state index is 0.246. The molecule has 0 saturated heterocycles. The maximum Gasteiger partial charge on any atom is 0.315 e. The summed E-state index contributed by atoms with van der Waals surface area (Å²) in [5, 5.41) is 14.4. The number of anilines is 1. The second-order valence-electron chi connectivity index (χ2n) is 4.23. The zero-order valence-electron chi connectivity index (χ0n) is 11.7. The Bertz CT molecular complexity index is 330. The van der Waals surface area contributed by atoms with Gasteiger partial charge in [0.15, 0.2) is 0 Å². The zero-order valence-corrected chi connectivity index (χ0v) is 12.6. The molecule has 18 heavy (non-hydrogen) atoms. The minimum absolute atomic E-state index is 0.246. The van der Waals surface area contributed by atoms with Crippen molar-refractivity contribution in [1.29, 1.82) is 0 Å². The summed E-state index contributed by atoms with van der Waals surface area (Å²) in [5.41, 5.74) is 0. The molecule has 1 aromatic rings. The molecule has 0 spiro atoms. The quantitative estimate of drug-likeness (QED) is 0.720. The molecule has 0 bridgehead atoms. The van der Waals surface area contributed by atoms with E-state index in [0.717, 1.165) is 25.9 Å². The molecule has 0 aliphatic heterocycles. The predicted octanol–water partition coefficient (Wildman–Crippen LogP) is 2.51. The van der Waals surface area contributed by atoms with E-state index >= 15 is 0 Å². The first-order chi connectivity index (χ1) is 8.69. The predicted molar refractivity (Wildman–Crippen MR) is 77.0 cm³/mol. The Kier molecular flexibility index (Phi) is 6.49. The van der Waals surface area contributed by atoms with Crippen molar-refractivity contribution >= 4 is 17.8 Å². The normalized spacial score (nSPS) is 11.8. The van der Waals surface area contributed by atoms with Gasteiger partial charge in [-0.1, -0.05) is 25.9 Å². The van der Waals surface area contributed by atoms with E-state index in [4.69, 9.17) is 4.42 Å². The fourth-order valence-corrected chi connectivity index (χ4v) is 2.52. The van der Waals surface area contributed by atoms with Crippen LogP contribution in [0.3, 0.4) is 0 Å². The van der Waals surface area contributed by atoms with Gasteiger partial charge in [-0.2, -0.15) is 11.8 Å². The number of nitrogens with zero attached hydrogens (tertiary/aromatic N) is 2. The van der Waals surface area contributed by atoms with Crippen molar-refractivity contribution in [3.05, 3.63) is 5.89 Å². The molecule has 0 aliphatic carbocycles. The van der Waals surface area contributed by atoms with Crippen molar-refractivity contribution < 1.29 is 4.42 Å². The van der Waals surface area contributed by atoms with E-state index in [1.807, 2.05) is 18.7 Å². The molecule has 104 valence electrons. The summed E-state index contributed by atoms with van der Waals surface area (Å²) in [7, 11) is 0. The number of nitrogens with one attached hydrogen (secondary N) is 2. The van der Waals surface area contributed by atoms with E-state index in [1.165, 1.54) is 0 Å². The highest BCUT2D eigenvalue weighted by molar-refractivity contribution is 8.00. The minimum Gasteiger partial charge on any atom is -0.407 e. The van der Waals surface area contributed by atoms with Gasteiger partial charge in [-0.15, -0.1) is 5.10 Å². The standard InChI is InChI=1S/C12H24N4OS/c1-5-12(6-2,18-4)9-14-11-16-15-10(17-11)8-13-7-3/h13H,5-9H2,1-4H3,(H,14,16). The lowest BCUT2D eigenvalue weighted by Crippen LogP contribution is -2.32. The lowest BCUT2D eigenvalue weighted by Gasteiger charge is -2.29. The van der Waals surface area contributed by atoms with Crippen LogP contribution < -0.4 is 10.6 Å². The van der Waals surface area contributed by atoms with E-state index in [2.05, 4.69) is 40.9 Å². The Morgan fingerprint density at radius 2 is 1.94 bits per heavy atom. The molecule has 6 heteroatoms. The van der Waals surface area contributed by atoms with E-state index in [-0.39, 0.29) is 4.75 Å². The van der Waals surface area contributed by atoms with Crippen LogP contribution in [-0.2, 0) is 6.54 Å². The average Bonchev–Trinajstić information content (AvgIpc) is 2.87. The third-order valence-corrected chi connectivity index (χ3v) is 4.86. The fraction of sp³-hybridized carbons (Fsp3) is 0.833. The molecule has 1 aromatic heterocycles. The van der Waals surface area contributed by atoms with Gasteiger partial charge in [-0.05, 0) is 25.6 Å². The highest BCUT2D eigenvalue weighted by atomic mass is 32.2. The molecule has 1 rings (SSSR count). The molecule has 0 radical (unpaired) electrons. The van der Waals surface area contributed by atoms with Crippen LogP contribution in [0.15, 0.2) is 4.42 Å². The molecule has 0 amide bonds. The summed E-state index contributed by atoms with van der Waals surface area (Å²) in [4.78, 5) is 0. The first-order valence-electron chi connectivity index (χ1n) is 6.51. The van der Waals surface area contributed by atoms with Crippen molar-refractivity contribution in [2.24, 2.45) is 0 Å². The van der Waals surface area contributed by atoms with Gasteiger partial charge in [-0.25, -0.2) is 0 Å². The molecule has 0 unspecified atom stereocenters. The van der Waals surface area contributed by atoms with Crippen molar-refractivity contribution in [3.63, 3.8) is 0 Å².